The molecule has 3 nitrogen and oxygen atoms in total. The van der Waals surface area contributed by atoms with E-state index in [1.165, 1.54) is 37.7 Å². The quantitative estimate of drug-likeness (QED) is 0.876. The molecule has 1 fully saturated rings. The number of nitrogens with one attached hydrogen (secondary N) is 1. The van der Waals surface area contributed by atoms with Crippen LogP contribution in [0.4, 0.5) is 0 Å². The second-order valence-electron chi connectivity index (χ2n) is 6.34. The summed E-state index contributed by atoms with van der Waals surface area (Å²) in [6, 6.07) is 5.69. The van der Waals surface area contributed by atoms with Crippen molar-refractivity contribution < 1.29 is 9.84 Å². The zero-order valence-electron chi connectivity index (χ0n) is 11.6. The molecular weight excluding hydrogens is 238 g/mol. The Labute approximate surface area is 115 Å². The van der Waals surface area contributed by atoms with Crippen LogP contribution >= 0.6 is 0 Å². The van der Waals surface area contributed by atoms with Gasteiger partial charge in [-0.1, -0.05) is 26.2 Å². The van der Waals surface area contributed by atoms with Crippen LogP contribution in [0.15, 0.2) is 18.2 Å². The van der Waals surface area contributed by atoms with Crippen molar-refractivity contribution in [1.82, 2.24) is 5.32 Å². The van der Waals surface area contributed by atoms with Gasteiger partial charge in [0.1, 0.15) is 18.1 Å². The van der Waals surface area contributed by atoms with E-state index >= 15 is 0 Å². The molecule has 0 bridgehead atoms. The van der Waals surface area contributed by atoms with Crippen LogP contribution < -0.4 is 10.1 Å². The van der Waals surface area contributed by atoms with Crippen LogP contribution in [0.5, 0.6) is 11.5 Å². The normalized spacial score (nSPS) is 24.8. The van der Waals surface area contributed by atoms with Gasteiger partial charge in [-0.25, -0.2) is 0 Å². The van der Waals surface area contributed by atoms with Gasteiger partial charge < -0.3 is 15.2 Å². The number of benzene rings is 1. The summed E-state index contributed by atoms with van der Waals surface area (Å²) in [6.45, 7) is 4.13. The van der Waals surface area contributed by atoms with E-state index in [0.717, 1.165) is 12.3 Å². The summed E-state index contributed by atoms with van der Waals surface area (Å²) in [4.78, 5) is 0. The van der Waals surface area contributed by atoms with E-state index in [-0.39, 0.29) is 11.8 Å². The summed E-state index contributed by atoms with van der Waals surface area (Å²) >= 11 is 0. The topological polar surface area (TPSA) is 41.5 Å². The molecule has 1 aromatic carbocycles. The highest BCUT2D eigenvalue weighted by Crippen LogP contribution is 2.38. The van der Waals surface area contributed by atoms with Crippen LogP contribution in [0.2, 0.25) is 0 Å². The molecule has 104 valence electrons. The number of aromatic hydroxyl groups is 1. The minimum absolute atomic E-state index is 0.273. The van der Waals surface area contributed by atoms with E-state index in [1.807, 2.05) is 6.07 Å². The summed E-state index contributed by atoms with van der Waals surface area (Å²) in [7, 11) is 0. The fourth-order valence-corrected chi connectivity index (χ4v) is 3.32. The lowest BCUT2D eigenvalue weighted by Crippen LogP contribution is -2.36. The molecule has 3 heteroatoms. The van der Waals surface area contributed by atoms with Crippen LogP contribution in [-0.4, -0.2) is 18.3 Å². The molecule has 1 unspecified atom stereocenters. The molecule has 0 saturated heterocycles. The largest absolute Gasteiger partial charge is 0.508 e. The Balaban J connectivity index is 1.63. The second kappa shape index (κ2) is 5.04. The molecule has 0 amide bonds. The zero-order chi connectivity index (χ0) is 13.3. The van der Waals surface area contributed by atoms with Gasteiger partial charge in [-0.15, -0.1) is 0 Å². The van der Waals surface area contributed by atoms with Gasteiger partial charge in [0.2, 0.25) is 0 Å². The average Bonchev–Trinajstić information content (AvgIpc) is 2.79. The third-order valence-electron chi connectivity index (χ3n) is 4.61. The Bertz CT molecular complexity index is 452. The van der Waals surface area contributed by atoms with E-state index in [1.54, 1.807) is 12.1 Å². The molecule has 0 aromatic heterocycles. The molecule has 1 aliphatic heterocycles. The molecule has 0 radical (unpaired) electrons. The fourth-order valence-electron chi connectivity index (χ4n) is 3.32. The molecule has 19 heavy (non-hydrogen) atoms. The molecule has 1 aliphatic carbocycles. The van der Waals surface area contributed by atoms with Gasteiger partial charge >= 0.3 is 0 Å². The van der Waals surface area contributed by atoms with Crippen molar-refractivity contribution in [3.8, 4) is 11.5 Å². The fraction of sp³-hybridized carbons (Fsp3) is 0.625. The monoisotopic (exact) mass is 261 g/mol. The lowest BCUT2D eigenvalue weighted by Gasteiger charge is -2.34. The Morgan fingerprint density at radius 2 is 2.11 bits per heavy atom. The minimum Gasteiger partial charge on any atom is -0.508 e. The highest BCUT2D eigenvalue weighted by Gasteiger charge is 2.30. The lowest BCUT2D eigenvalue weighted by atomic mass is 9.75. The number of ether oxygens (including phenoxy) is 1. The number of phenols is 1. The van der Waals surface area contributed by atoms with Crippen molar-refractivity contribution >= 4 is 0 Å². The Morgan fingerprint density at radius 3 is 2.89 bits per heavy atom. The Morgan fingerprint density at radius 1 is 1.32 bits per heavy atom. The summed E-state index contributed by atoms with van der Waals surface area (Å²) in [6.07, 6.45) is 6.78. The standard InChI is InChI=1S/C16H23NO2/c1-16(7-3-2-4-8-16)11-17-14-10-19-15-9-12(18)5-6-13(14)15/h5-6,9,14,17-18H,2-4,7-8,10-11H2,1H3. The van der Waals surface area contributed by atoms with Crippen molar-refractivity contribution in [2.45, 2.75) is 45.1 Å². The Hall–Kier alpha value is -1.22. The maximum atomic E-state index is 9.46. The molecule has 2 N–H and O–H groups in total. The molecule has 0 spiro atoms. The van der Waals surface area contributed by atoms with Gasteiger partial charge in [-0.3, -0.25) is 0 Å². The number of hydrogen-bond donors (Lipinski definition) is 2. The summed E-state index contributed by atoms with van der Waals surface area (Å²) in [5.41, 5.74) is 1.62. The molecular formula is C16H23NO2. The van der Waals surface area contributed by atoms with Gasteiger partial charge in [0.25, 0.3) is 0 Å². The molecule has 2 aliphatic rings. The predicted molar refractivity (Wildman–Crippen MR) is 75.5 cm³/mol. The summed E-state index contributed by atoms with van der Waals surface area (Å²) < 4.78 is 5.64. The predicted octanol–water partition coefficient (Wildman–Crippen LogP) is 3.39. The van der Waals surface area contributed by atoms with Gasteiger partial charge in [-0.2, -0.15) is 0 Å². The number of phenolic OH excluding ortho intramolecular Hbond substituents is 1. The van der Waals surface area contributed by atoms with Crippen LogP contribution in [0.3, 0.4) is 0 Å². The highest BCUT2D eigenvalue weighted by molar-refractivity contribution is 5.44. The molecule has 1 atom stereocenters. The van der Waals surface area contributed by atoms with E-state index < -0.39 is 0 Å². The summed E-state index contributed by atoms with van der Waals surface area (Å²) in [5.74, 6) is 1.10. The van der Waals surface area contributed by atoms with E-state index in [4.69, 9.17) is 4.74 Å². The first-order chi connectivity index (χ1) is 9.16. The first-order valence-electron chi connectivity index (χ1n) is 7.35. The van der Waals surface area contributed by atoms with E-state index in [2.05, 4.69) is 12.2 Å². The number of fused-ring (bicyclic) bond motifs is 1. The van der Waals surface area contributed by atoms with Crippen LogP contribution in [0.1, 0.15) is 50.6 Å². The van der Waals surface area contributed by atoms with Crippen molar-refractivity contribution in [3.63, 3.8) is 0 Å². The van der Waals surface area contributed by atoms with Crippen molar-refractivity contribution in [2.24, 2.45) is 5.41 Å². The molecule has 1 saturated carbocycles. The molecule has 1 heterocycles. The van der Waals surface area contributed by atoms with Gasteiger partial charge in [0, 0.05) is 18.2 Å². The van der Waals surface area contributed by atoms with E-state index in [0.29, 0.717) is 12.0 Å². The first kappa shape index (κ1) is 12.8. The highest BCUT2D eigenvalue weighted by atomic mass is 16.5. The van der Waals surface area contributed by atoms with Gasteiger partial charge in [-0.05, 0) is 30.4 Å². The third-order valence-corrected chi connectivity index (χ3v) is 4.61. The zero-order valence-corrected chi connectivity index (χ0v) is 11.6. The molecule has 1 aromatic rings. The van der Waals surface area contributed by atoms with Gasteiger partial charge in [0.15, 0.2) is 0 Å². The minimum atomic E-state index is 0.273. The van der Waals surface area contributed by atoms with Gasteiger partial charge in [0.05, 0.1) is 6.04 Å². The second-order valence-corrected chi connectivity index (χ2v) is 6.34. The third kappa shape index (κ3) is 2.71. The lowest BCUT2D eigenvalue weighted by molar-refractivity contribution is 0.193. The Kier molecular flexibility index (Phi) is 3.40. The van der Waals surface area contributed by atoms with Crippen molar-refractivity contribution in [3.05, 3.63) is 23.8 Å². The first-order valence-corrected chi connectivity index (χ1v) is 7.35. The van der Waals surface area contributed by atoms with Crippen molar-refractivity contribution in [2.75, 3.05) is 13.2 Å². The smallest absolute Gasteiger partial charge is 0.127 e. The van der Waals surface area contributed by atoms with Crippen LogP contribution in [0, 0.1) is 5.41 Å². The molecule has 3 rings (SSSR count). The summed E-state index contributed by atoms with van der Waals surface area (Å²) in [5, 5.41) is 13.1. The average molecular weight is 261 g/mol. The van der Waals surface area contributed by atoms with E-state index in [9.17, 15) is 5.11 Å². The number of hydrogen-bond acceptors (Lipinski definition) is 3. The van der Waals surface area contributed by atoms with Crippen LogP contribution in [0.25, 0.3) is 0 Å². The number of rotatable bonds is 3. The van der Waals surface area contributed by atoms with Crippen molar-refractivity contribution in [1.29, 1.82) is 0 Å². The van der Waals surface area contributed by atoms with Crippen LogP contribution in [-0.2, 0) is 0 Å². The maximum absolute atomic E-state index is 9.46. The SMILES string of the molecule is CC1(CNC2COc3cc(O)ccc32)CCCCC1. The maximum Gasteiger partial charge on any atom is 0.127 e.